The average molecular weight is 254 g/mol. The van der Waals surface area contributed by atoms with Crippen molar-refractivity contribution >= 4 is 0 Å². The van der Waals surface area contributed by atoms with Gasteiger partial charge in [0, 0.05) is 25.7 Å². The number of hydrogen-bond donors (Lipinski definition) is 1. The molecule has 2 atom stereocenters. The molecule has 1 aromatic rings. The van der Waals surface area contributed by atoms with Gasteiger partial charge in [0.2, 0.25) is 5.89 Å². The van der Waals surface area contributed by atoms with Crippen LogP contribution in [0.3, 0.4) is 0 Å². The molecule has 3 heterocycles. The van der Waals surface area contributed by atoms with Gasteiger partial charge in [-0.2, -0.15) is 4.98 Å². The zero-order valence-electron chi connectivity index (χ0n) is 10.2. The Labute approximate surface area is 105 Å². The second-order valence-corrected chi connectivity index (χ2v) is 4.91. The standard InChI is InChI=1S/C12H18N2O4/c15-10-3-6-17-7-9(10)12-13-11(14-18-12)8-1-4-16-5-2-8/h8-10,15H,1-7H2. The van der Waals surface area contributed by atoms with Crippen LogP contribution in [0.5, 0.6) is 0 Å². The molecule has 0 aromatic carbocycles. The monoisotopic (exact) mass is 254 g/mol. The van der Waals surface area contributed by atoms with Crippen LogP contribution in [-0.4, -0.2) is 47.8 Å². The van der Waals surface area contributed by atoms with Gasteiger partial charge in [0.1, 0.15) is 0 Å². The number of ether oxygens (including phenoxy) is 2. The van der Waals surface area contributed by atoms with Crippen molar-refractivity contribution in [2.75, 3.05) is 26.4 Å². The fourth-order valence-electron chi connectivity index (χ4n) is 2.48. The van der Waals surface area contributed by atoms with Gasteiger partial charge in [0.15, 0.2) is 5.82 Å². The normalized spacial score (nSPS) is 30.5. The van der Waals surface area contributed by atoms with E-state index in [1.807, 2.05) is 0 Å². The second kappa shape index (κ2) is 5.34. The van der Waals surface area contributed by atoms with E-state index in [4.69, 9.17) is 14.0 Å². The zero-order chi connectivity index (χ0) is 12.4. The van der Waals surface area contributed by atoms with E-state index in [1.165, 1.54) is 0 Å². The van der Waals surface area contributed by atoms with E-state index in [1.54, 1.807) is 0 Å². The molecule has 1 N–H and O–H groups in total. The van der Waals surface area contributed by atoms with E-state index in [-0.39, 0.29) is 5.92 Å². The number of hydrogen-bond acceptors (Lipinski definition) is 6. The molecule has 0 bridgehead atoms. The maximum Gasteiger partial charge on any atom is 0.234 e. The lowest BCUT2D eigenvalue weighted by Crippen LogP contribution is -2.30. The van der Waals surface area contributed by atoms with Crippen LogP contribution < -0.4 is 0 Å². The van der Waals surface area contributed by atoms with Crippen LogP contribution in [0, 0.1) is 0 Å². The Morgan fingerprint density at radius 1 is 1.06 bits per heavy atom. The molecule has 0 spiro atoms. The molecular formula is C12H18N2O4. The molecule has 2 fully saturated rings. The third-order valence-electron chi connectivity index (χ3n) is 3.68. The molecule has 0 radical (unpaired) electrons. The minimum Gasteiger partial charge on any atom is -0.392 e. The van der Waals surface area contributed by atoms with Gasteiger partial charge in [-0.15, -0.1) is 0 Å². The summed E-state index contributed by atoms with van der Waals surface area (Å²) in [7, 11) is 0. The van der Waals surface area contributed by atoms with E-state index in [9.17, 15) is 5.11 Å². The van der Waals surface area contributed by atoms with Gasteiger partial charge in [-0.05, 0) is 19.3 Å². The van der Waals surface area contributed by atoms with E-state index in [0.29, 0.717) is 31.4 Å². The Hall–Kier alpha value is -0.980. The predicted molar refractivity (Wildman–Crippen MR) is 61.3 cm³/mol. The Balaban J connectivity index is 1.71. The third kappa shape index (κ3) is 2.41. The van der Waals surface area contributed by atoms with Gasteiger partial charge in [-0.25, -0.2) is 0 Å². The topological polar surface area (TPSA) is 77.6 Å². The van der Waals surface area contributed by atoms with E-state index < -0.39 is 6.10 Å². The number of aromatic nitrogens is 2. The lowest BCUT2D eigenvalue weighted by Gasteiger charge is -2.24. The fourth-order valence-corrected chi connectivity index (χ4v) is 2.48. The number of aliphatic hydroxyl groups is 1. The molecule has 2 unspecified atom stereocenters. The lowest BCUT2D eigenvalue weighted by atomic mass is 9.98. The Bertz CT molecular complexity index is 389. The van der Waals surface area contributed by atoms with Crippen LogP contribution in [0.2, 0.25) is 0 Å². The van der Waals surface area contributed by atoms with Crippen molar-refractivity contribution in [2.45, 2.75) is 37.2 Å². The van der Waals surface area contributed by atoms with Crippen LogP contribution >= 0.6 is 0 Å². The molecule has 6 nitrogen and oxygen atoms in total. The summed E-state index contributed by atoms with van der Waals surface area (Å²) in [6.07, 6.45) is 2.05. The predicted octanol–water partition coefficient (Wildman–Crippen LogP) is 0.828. The third-order valence-corrected chi connectivity index (χ3v) is 3.68. The number of rotatable bonds is 2. The molecule has 6 heteroatoms. The molecule has 0 amide bonds. The van der Waals surface area contributed by atoms with E-state index in [0.717, 1.165) is 31.9 Å². The summed E-state index contributed by atoms with van der Waals surface area (Å²) in [4.78, 5) is 4.43. The van der Waals surface area contributed by atoms with Crippen molar-refractivity contribution in [3.63, 3.8) is 0 Å². The Morgan fingerprint density at radius 3 is 2.61 bits per heavy atom. The highest BCUT2D eigenvalue weighted by Gasteiger charge is 2.31. The first-order valence-corrected chi connectivity index (χ1v) is 6.51. The quantitative estimate of drug-likeness (QED) is 0.842. The Morgan fingerprint density at radius 2 is 1.83 bits per heavy atom. The first kappa shape index (κ1) is 12.1. The SMILES string of the molecule is OC1CCOCC1c1nc(C2CCOCC2)no1. The maximum atomic E-state index is 9.91. The summed E-state index contributed by atoms with van der Waals surface area (Å²) in [5.41, 5.74) is 0. The molecule has 18 heavy (non-hydrogen) atoms. The van der Waals surface area contributed by atoms with Crippen LogP contribution in [0.4, 0.5) is 0 Å². The molecule has 2 aliphatic rings. The summed E-state index contributed by atoms with van der Waals surface area (Å²) in [6.45, 7) is 2.56. The van der Waals surface area contributed by atoms with Gasteiger partial charge in [-0.3, -0.25) is 0 Å². The molecule has 1 aromatic heterocycles. The van der Waals surface area contributed by atoms with Crippen LogP contribution in [0.1, 0.15) is 42.8 Å². The largest absolute Gasteiger partial charge is 0.392 e. The van der Waals surface area contributed by atoms with Crippen LogP contribution in [0.15, 0.2) is 4.52 Å². The highest BCUT2D eigenvalue weighted by Crippen LogP contribution is 2.28. The molecule has 2 aliphatic heterocycles. The second-order valence-electron chi connectivity index (χ2n) is 4.91. The van der Waals surface area contributed by atoms with Gasteiger partial charge in [0.25, 0.3) is 0 Å². The van der Waals surface area contributed by atoms with Crippen molar-refractivity contribution in [1.82, 2.24) is 10.1 Å². The molecule has 0 saturated carbocycles. The van der Waals surface area contributed by atoms with Crippen LogP contribution in [-0.2, 0) is 9.47 Å². The van der Waals surface area contributed by atoms with Gasteiger partial charge in [-0.1, -0.05) is 5.16 Å². The molecule has 3 rings (SSSR count). The van der Waals surface area contributed by atoms with E-state index >= 15 is 0 Å². The highest BCUT2D eigenvalue weighted by atomic mass is 16.5. The van der Waals surface area contributed by atoms with Gasteiger partial charge >= 0.3 is 0 Å². The molecular weight excluding hydrogens is 236 g/mol. The fraction of sp³-hybridized carbons (Fsp3) is 0.833. The summed E-state index contributed by atoms with van der Waals surface area (Å²) >= 11 is 0. The van der Waals surface area contributed by atoms with E-state index in [2.05, 4.69) is 10.1 Å². The molecule has 0 aliphatic carbocycles. The minimum atomic E-state index is -0.443. The maximum absolute atomic E-state index is 9.91. The van der Waals surface area contributed by atoms with Crippen molar-refractivity contribution in [3.05, 3.63) is 11.7 Å². The van der Waals surface area contributed by atoms with Crippen molar-refractivity contribution in [2.24, 2.45) is 0 Å². The smallest absolute Gasteiger partial charge is 0.234 e. The van der Waals surface area contributed by atoms with Crippen LogP contribution in [0.25, 0.3) is 0 Å². The first-order chi connectivity index (χ1) is 8.84. The summed E-state index contributed by atoms with van der Waals surface area (Å²) in [5.74, 6) is 1.38. The number of aliphatic hydroxyl groups excluding tert-OH is 1. The van der Waals surface area contributed by atoms with Gasteiger partial charge < -0.3 is 19.1 Å². The van der Waals surface area contributed by atoms with Crippen molar-refractivity contribution in [3.8, 4) is 0 Å². The van der Waals surface area contributed by atoms with Gasteiger partial charge in [0.05, 0.1) is 18.6 Å². The Kier molecular flexibility index (Phi) is 3.58. The summed E-state index contributed by atoms with van der Waals surface area (Å²) in [6, 6.07) is 0. The summed E-state index contributed by atoms with van der Waals surface area (Å²) < 4.78 is 16.0. The summed E-state index contributed by atoms with van der Waals surface area (Å²) in [5, 5.41) is 14.0. The van der Waals surface area contributed by atoms with Crippen molar-refractivity contribution in [1.29, 1.82) is 0 Å². The molecule has 100 valence electrons. The number of nitrogens with zero attached hydrogens (tertiary/aromatic N) is 2. The average Bonchev–Trinajstić information content (AvgIpc) is 2.90. The lowest BCUT2D eigenvalue weighted by molar-refractivity contribution is -0.0149. The first-order valence-electron chi connectivity index (χ1n) is 6.51. The molecule has 2 saturated heterocycles. The zero-order valence-corrected chi connectivity index (χ0v) is 10.2. The minimum absolute atomic E-state index is 0.181. The van der Waals surface area contributed by atoms with Crippen molar-refractivity contribution < 1.29 is 19.1 Å². The highest BCUT2D eigenvalue weighted by molar-refractivity contribution is 5.02.